The fraction of sp³-hybridized carbons (Fsp3) is 0.912. The third kappa shape index (κ3) is 59.6. The second kappa shape index (κ2) is 63.9. The van der Waals surface area contributed by atoms with E-state index in [0.717, 1.165) is 44.9 Å². The van der Waals surface area contributed by atoms with Gasteiger partial charge in [0.05, 0.1) is 25.4 Å². The molecule has 0 aliphatic heterocycles. The SMILES string of the molecule is CCCCCCCCCCCCCCCCCCCCC/C=C/C(O)C(CO)NC(=O)CCCCCCCCC/C=C\CCCCCCCCCCOC(=O)CCCCCCCCCCCCCCCCCCC. The second-order valence-corrected chi connectivity index (χ2v) is 23.2. The number of amides is 1. The highest BCUT2D eigenvalue weighted by Gasteiger charge is 2.18. The topological polar surface area (TPSA) is 95.9 Å². The van der Waals surface area contributed by atoms with Gasteiger partial charge in [0.25, 0.3) is 0 Å². The molecule has 0 saturated carbocycles. The molecule has 3 N–H and O–H groups in total. The number of unbranched alkanes of at least 4 members (excludes halogenated alkanes) is 50. The first-order chi connectivity index (χ1) is 36.5. The summed E-state index contributed by atoms with van der Waals surface area (Å²) < 4.78 is 5.50. The first-order valence-electron chi connectivity index (χ1n) is 33.6. The minimum atomic E-state index is -0.851. The van der Waals surface area contributed by atoms with Crippen molar-refractivity contribution in [3.63, 3.8) is 0 Å². The minimum absolute atomic E-state index is 0.00792. The lowest BCUT2D eigenvalue weighted by Crippen LogP contribution is -2.45. The summed E-state index contributed by atoms with van der Waals surface area (Å²) in [5, 5.41) is 23.2. The molecule has 1 amide bonds. The molecule has 0 heterocycles. The van der Waals surface area contributed by atoms with Gasteiger partial charge in [-0.05, 0) is 57.8 Å². The van der Waals surface area contributed by atoms with E-state index in [0.29, 0.717) is 19.4 Å². The molecule has 0 fully saturated rings. The maximum atomic E-state index is 12.5. The molecule has 0 aromatic heterocycles. The summed E-state index contributed by atoms with van der Waals surface area (Å²) in [4.78, 5) is 24.6. The number of ether oxygens (including phenoxy) is 1. The van der Waals surface area contributed by atoms with Crippen molar-refractivity contribution < 1.29 is 24.5 Å². The van der Waals surface area contributed by atoms with Crippen molar-refractivity contribution in [3.8, 4) is 0 Å². The number of rotatable bonds is 63. The normalized spacial score (nSPS) is 12.6. The lowest BCUT2D eigenvalue weighted by atomic mass is 10.0. The van der Waals surface area contributed by atoms with Gasteiger partial charge in [-0.25, -0.2) is 0 Å². The number of nitrogens with one attached hydrogen (secondary N) is 1. The van der Waals surface area contributed by atoms with Gasteiger partial charge < -0.3 is 20.3 Å². The summed E-state index contributed by atoms with van der Waals surface area (Å²) in [6.07, 6.45) is 79.5. The average molecular weight is 1040 g/mol. The van der Waals surface area contributed by atoms with Crippen LogP contribution in [0.1, 0.15) is 373 Å². The molecule has 0 radical (unpaired) electrons. The first-order valence-corrected chi connectivity index (χ1v) is 33.6. The predicted molar refractivity (Wildman–Crippen MR) is 324 cm³/mol. The third-order valence-electron chi connectivity index (χ3n) is 15.7. The van der Waals surface area contributed by atoms with Gasteiger partial charge in [-0.1, -0.05) is 327 Å². The van der Waals surface area contributed by atoms with Crippen molar-refractivity contribution in [1.29, 1.82) is 0 Å². The van der Waals surface area contributed by atoms with Crippen LogP contribution in [0.4, 0.5) is 0 Å². The molecule has 438 valence electrons. The zero-order valence-electron chi connectivity index (χ0n) is 50.1. The Morgan fingerprint density at radius 2 is 0.635 bits per heavy atom. The van der Waals surface area contributed by atoms with Crippen LogP contribution in [0.5, 0.6) is 0 Å². The Bertz CT molecular complexity index is 1150. The number of carbonyl (C=O) groups excluding carboxylic acids is 2. The van der Waals surface area contributed by atoms with Crippen molar-refractivity contribution in [2.75, 3.05) is 13.2 Å². The van der Waals surface area contributed by atoms with Gasteiger partial charge in [-0.15, -0.1) is 0 Å². The molecule has 0 spiro atoms. The van der Waals surface area contributed by atoms with Crippen molar-refractivity contribution in [3.05, 3.63) is 24.3 Å². The zero-order valence-corrected chi connectivity index (χ0v) is 50.1. The average Bonchev–Trinajstić information content (AvgIpc) is 3.40. The van der Waals surface area contributed by atoms with Crippen molar-refractivity contribution >= 4 is 11.9 Å². The maximum Gasteiger partial charge on any atom is 0.305 e. The molecule has 0 aliphatic rings. The molecule has 0 aromatic rings. The summed E-state index contributed by atoms with van der Waals surface area (Å²) >= 11 is 0. The molecular formula is C68H131NO5. The van der Waals surface area contributed by atoms with Gasteiger partial charge >= 0.3 is 5.97 Å². The van der Waals surface area contributed by atoms with Gasteiger partial charge in [0.1, 0.15) is 0 Å². The lowest BCUT2D eigenvalue weighted by Gasteiger charge is -2.20. The Hall–Kier alpha value is -1.66. The molecule has 6 heteroatoms. The highest BCUT2D eigenvalue weighted by Crippen LogP contribution is 2.18. The van der Waals surface area contributed by atoms with E-state index in [4.69, 9.17) is 4.74 Å². The summed E-state index contributed by atoms with van der Waals surface area (Å²) in [5.74, 6) is -0.0660. The first kappa shape index (κ1) is 72.3. The van der Waals surface area contributed by atoms with Crippen LogP contribution in [0.25, 0.3) is 0 Å². The number of esters is 1. The Kier molecular flexibility index (Phi) is 62.4. The molecule has 74 heavy (non-hydrogen) atoms. The number of aliphatic hydroxyl groups excluding tert-OH is 2. The van der Waals surface area contributed by atoms with Crippen molar-refractivity contribution in [2.45, 2.75) is 386 Å². The van der Waals surface area contributed by atoms with Crippen molar-refractivity contribution in [1.82, 2.24) is 5.32 Å². The standard InChI is InChI=1S/C68H131NO5/c1-3-5-7-9-11-13-15-17-19-21-22-23-25-29-32-36-40-44-48-52-56-60-66(71)65(64-70)69-67(72)61-57-53-49-45-41-37-33-30-26-24-27-31-35-39-43-47-51-55-59-63-74-68(73)62-58-54-50-46-42-38-34-28-20-18-16-14-12-10-8-6-4-2/h24,26,56,60,65-66,70-71H,3-23,25,27-55,57-59,61-64H2,1-2H3,(H,69,72)/b26-24-,60-56+. The van der Waals surface area contributed by atoms with E-state index in [9.17, 15) is 19.8 Å². The predicted octanol–water partition coefficient (Wildman–Crippen LogP) is 21.4. The van der Waals surface area contributed by atoms with Crippen LogP contribution in [0.3, 0.4) is 0 Å². The van der Waals surface area contributed by atoms with Crippen LogP contribution in [-0.4, -0.2) is 47.4 Å². The zero-order chi connectivity index (χ0) is 53.6. The highest BCUT2D eigenvalue weighted by molar-refractivity contribution is 5.76. The minimum Gasteiger partial charge on any atom is -0.466 e. The lowest BCUT2D eigenvalue weighted by molar-refractivity contribution is -0.143. The molecule has 0 bridgehead atoms. The molecule has 0 aromatic carbocycles. The van der Waals surface area contributed by atoms with E-state index in [1.165, 1.54) is 302 Å². The van der Waals surface area contributed by atoms with E-state index in [2.05, 4.69) is 31.3 Å². The molecule has 6 nitrogen and oxygen atoms in total. The number of allylic oxidation sites excluding steroid dienone is 3. The second-order valence-electron chi connectivity index (χ2n) is 23.2. The number of hydrogen-bond donors (Lipinski definition) is 3. The van der Waals surface area contributed by atoms with Crippen LogP contribution in [0.2, 0.25) is 0 Å². The van der Waals surface area contributed by atoms with Gasteiger partial charge in [0.15, 0.2) is 0 Å². The van der Waals surface area contributed by atoms with Crippen LogP contribution >= 0.6 is 0 Å². The molecule has 2 atom stereocenters. The molecule has 0 aliphatic carbocycles. The third-order valence-corrected chi connectivity index (χ3v) is 15.7. The van der Waals surface area contributed by atoms with Crippen LogP contribution in [0.15, 0.2) is 24.3 Å². The molecule has 0 rings (SSSR count). The Balaban J connectivity index is 3.45. The van der Waals surface area contributed by atoms with Crippen LogP contribution < -0.4 is 5.32 Å². The molecular weight excluding hydrogens is 911 g/mol. The largest absolute Gasteiger partial charge is 0.466 e. The fourth-order valence-corrected chi connectivity index (χ4v) is 10.6. The summed E-state index contributed by atoms with van der Waals surface area (Å²) in [6, 6.07) is -0.636. The number of hydrogen-bond acceptors (Lipinski definition) is 5. The van der Waals surface area contributed by atoms with Gasteiger partial charge in [0, 0.05) is 12.8 Å². The van der Waals surface area contributed by atoms with Crippen LogP contribution in [-0.2, 0) is 14.3 Å². The van der Waals surface area contributed by atoms with Crippen LogP contribution in [0, 0.1) is 0 Å². The number of carbonyl (C=O) groups is 2. The Morgan fingerprint density at radius 3 is 0.959 bits per heavy atom. The van der Waals surface area contributed by atoms with Gasteiger partial charge in [0.2, 0.25) is 5.91 Å². The molecule has 2 unspecified atom stereocenters. The van der Waals surface area contributed by atoms with E-state index in [1.54, 1.807) is 6.08 Å². The van der Waals surface area contributed by atoms with E-state index in [-0.39, 0.29) is 18.5 Å². The van der Waals surface area contributed by atoms with Gasteiger partial charge in [-0.2, -0.15) is 0 Å². The summed E-state index contributed by atoms with van der Waals surface area (Å²) in [7, 11) is 0. The summed E-state index contributed by atoms with van der Waals surface area (Å²) in [5.41, 5.74) is 0. The molecule has 0 saturated heterocycles. The Morgan fingerprint density at radius 1 is 0.365 bits per heavy atom. The monoisotopic (exact) mass is 1040 g/mol. The highest BCUT2D eigenvalue weighted by atomic mass is 16.5. The quantitative estimate of drug-likeness (QED) is 0.0320. The smallest absolute Gasteiger partial charge is 0.305 e. The maximum absolute atomic E-state index is 12.5. The Labute approximate surface area is 462 Å². The van der Waals surface area contributed by atoms with E-state index >= 15 is 0 Å². The summed E-state index contributed by atoms with van der Waals surface area (Å²) in [6.45, 7) is 4.93. The van der Waals surface area contributed by atoms with E-state index in [1.807, 2.05) is 6.08 Å². The van der Waals surface area contributed by atoms with E-state index < -0.39 is 12.1 Å². The van der Waals surface area contributed by atoms with Gasteiger partial charge in [-0.3, -0.25) is 9.59 Å². The van der Waals surface area contributed by atoms with Crippen molar-refractivity contribution in [2.24, 2.45) is 0 Å². The fourth-order valence-electron chi connectivity index (χ4n) is 10.6. The number of aliphatic hydroxyl groups is 2.